The van der Waals surface area contributed by atoms with Gasteiger partial charge in [-0.3, -0.25) is 4.79 Å². The second-order valence-corrected chi connectivity index (χ2v) is 12.2. The predicted molar refractivity (Wildman–Crippen MR) is 144 cm³/mol. The molecule has 0 radical (unpaired) electrons. The van der Waals surface area contributed by atoms with Crippen molar-refractivity contribution in [2.75, 3.05) is 26.4 Å². The molecule has 42 heavy (non-hydrogen) atoms. The van der Waals surface area contributed by atoms with Crippen LogP contribution in [0, 0.1) is 17.5 Å². The van der Waals surface area contributed by atoms with Crippen LogP contribution in [-0.4, -0.2) is 113 Å². The van der Waals surface area contributed by atoms with E-state index in [1.807, 2.05) is 6.92 Å². The van der Waals surface area contributed by atoms with Gasteiger partial charge in [0.2, 0.25) is 5.91 Å². The highest BCUT2D eigenvalue weighted by atomic mass is 32.2. The van der Waals surface area contributed by atoms with Crippen LogP contribution in [0.5, 0.6) is 0 Å². The van der Waals surface area contributed by atoms with E-state index in [0.717, 1.165) is 47.8 Å². The molecule has 2 aromatic rings. The fourth-order valence-electron chi connectivity index (χ4n) is 5.73. The van der Waals surface area contributed by atoms with Crippen molar-refractivity contribution in [3.05, 3.63) is 35.8 Å². The van der Waals surface area contributed by atoms with Crippen LogP contribution in [-0.2, 0) is 14.3 Å². The SMILES string of the molecule is CCN(C(=O)C(S[C@@H]1O[C@H](CO)[C@H](O)[C@H](n2cc(-c3cc(F)c(F)c(F)c3)nn2)[C@H]1O)C1(O)CCOCC1)C1CCC1. The van der Waals surface area contributed by atoms with Crippen molar-refractivity contribution >= 4 is 17.7 Å². The van der Waals surface area contributed by atoms with Crippen molar-refractivity contribution in [1.82, 2.24) is 19.9 Å². The van der Waals surface area contributed by atoms with Gasteiger partial charge in [0, 0.05) is 44.2 Å². The van der Waals surface area contributed by atoms with Gasteiger partial charge in [0.25, 0.3) is 0 Å². The van der Waals surface area contributed by atoms with E-state index in [-0.39, 0.29) is 49.3 Å². The number of halogens is 3. The summed E-state index contributed by atoms with van der Waals surface area (Å²) in [7, 11) is 0. The van der Waals surface area contributed by atoms with E-state index in [1.54, 1.807) is 4.90 Å². The normalized spacial score (nSPS) is 28.7. The van der Waals surface area contributed by atoms with E-state index in [2.05, 4.69) is 10.3 Å². The first-order valence-electron chi connectivity index (χ1n) is 14.0. The van der Waals surface area contributed by atoms with E-state index >= 15 is 0 Å². The number of aromatic nitrogens is 3. The summed E-state index contributed by atoms with van der Waals surface area (Å²) in [5.41, 5.74) is -2.85. The maximum atomic E-state index is 14.0. The van der Waals surface area contributed by atoms with Gasteiger partial charge in [-0.05, 0) is 38.3 Å². The highest BCUT2D eigenvalue weighted by Gasteiger charge is 2.52. The van der Waals surface area contributed by atoms with E-state index in [4.69, 9.17) is 9.47 Å². The molecular formula is C27H35F3N4O7S. The highest BCUT2D eigenvalue weighted by Crippen LogP contribution is 2.43. The number of ether oxygens (including phenoxy) is 2. The zero-order valence-electron chi connectivity index (χ0n) is 23.0. The Kier molecular flexibility index (Phi) is 9.47. The zero-order valence-corrected chi connectivity index (χ0v) is 23.8. The summed E-state index contributed by atoms with van der Waals surface area (Å²) in [5.74, 6) is -4.78. The molecule has 5 rings (SSSR count). The number of benzene rings is 1. The summed E-state index contributed by atoms with van der Waals surface area (Å²) < 4.78 is 53.5. The summed E-state index contributed by atoms with van der Waals surface area (Å²) in [4.78, 5) is 15.7. The first kappa shape index (κ1) is 31.2. The van der Waals surface area contributed by atoms with E-state index in [9.17, 15) is 38.4 Å². The van der Waals surface area contributed by atoms with Gasteiger partial charge in [-0.25, -0.2) is 17.9 Å². The van der Waals surface area contributed by atoms with Crippen molar-refractivity contribution in [3.63, 3.8) is 0 Å². The molecular weight excluding hydrogens is 581 g/mol. The minimum Gasteiger partial charge on any atom is -0.394 e. The van der Waals surface area contributed by atoms with Gasteiger partial charge in [0.05, 0.1) is 18.4 Å². The van der Waals surface area contributed by atoms with Gasteiger partial charge >= 0.3 is 0 Å². The average molecular weight is 617 g/mol. The average Bonchev–Trinajstić information content (AvgIpc) is 3.42. The Bertz CT molecular complexity index is 1240. The summed E-state index contributed by atoms with van der Waals surface area (Å²) in [6.07, 6.45) is 0.0812. The number of thioether (sulfide) groups is 1. The molecule has 0 bridgehead atoms. The van der Waals surface area contributed by atoms with Gasteiger partial charge in [0.15, 0.2) is 17.5 Å². The fourth-order valence-corrected chi connectivity index (χ4v) is 7.27. The van der Waals surface area contributed by atoms with Crippen LogP contribution in [0.25, 0.3) is 11.3 Å². The van der Waals surface area contributed by atoms with Crippen LogP contribution in [0.15, 0.2) is 18.3 Å². The lowest BCUT2D eigenvalue weighted by atomic mass is 9.87. The molecule has 15 heteroatoms. The van der Waals surface area contributed by atoms with E-state index < -0.39 is 64.7 Å². The summed E-state index contributed by atoms with van der Waals surface area (Å²) in [6, 6.07) is 0.274. The Balaban J connectivity index is 1.44. The van der Waals surface area contributed by atoms with E-state index in [1.165, 1.54) is 6.20 Å². The molecule has 1 aliphatic carbocycles. The lowest BCUT2D eigenvalue weighted by molar-refractivity contribution is -0.179. The second-order valence-electron chi connectivity index (χ2n) is 11.0. The number of carbonyl (C=O) groups is 1. The standard InChI is InChI=1S/C27H35F3N4O7S/c1-2-33(15-4-3-5-15)25(38)24(27(39)6-8-40-9-7-27)42-26-23(37)21(22(36)19(13-35)41-26)34-12-18(31-32-34)14-10-16(28)20(30)17(29)11-14/h10-12,15,19,21-24,26,35-37,39H,2-9,13H2,1H3/t19-,21+,22+,23-,24?,26+/m1/s1. The molecule has 3 aliphatic rings. The summed E-state index contributed by atoms with van der Waals surface area (Å²) in [6.45, 7) is 2.16. The number of amides is 1. The van der Waals surface area contributed by atoms with Crippen LogP contribution in [0.2, 0.25) is 0 Å². The predicted octanol–water partition coefficient (Wildman–Crippen LogP) is 1.39. The molecule has 1 aromatic carbocycles. The third-order valence-corrected chi connectivity index (χ3v) is 9.99. The van der Waals surface area contributed by atoms with Gasteiger partial charge in [-0.15, -0.1) is 16.9 Å². The largest absolute Gasteiger partial charge is 0.394 e. The molecule has 1 aromatic heterocycles. The molecule has 1 amide bonds. The number of aliphatic hydroxyl groups is 4. The zero-order chi connectivity index (χ0) is 30.2. The molecule has 1 unspecified atom stereocenters. The molecule has 2 aliphatic heterocycles. The van der Waals surface area contributed by atoms with Crippen molar-refractivity contribution in [2.24, 2.45) is 0 Å². The molecule has 232 valence electrons. The first-order chi connectivity index (χ1) is 20.1. The fraction of sp³-hybridized carbons (Fsp3) is 0.667. The minimum atomic E-state index is -1.64. The van der Waals surface area contributed by atoms with E-state index in [0.29, 0.717) is 6.54 Å². The van der Waals surface area contributed by atoms with Gasteiger partial charge < -0.3 is 34.8 Å². The Hall–Kier alpha value is -2.27. The number of carbonyl (C=O) groups excluding carboxylic acids is 1. The Morgan fingerprint density at radius 1 is 1.19 bits per heavy atom. The maximum absolute atomic E-state index is 14.0. The quantitative estimate of drug-likeness (QED) is 0.305. The minimum absolute atomic E-state index is 0.0562. The maximum Gasteiger partial charge on any atom is 0.238 e. The summed E-state index contributed by atoms with van der Waals surface area (Å²) in [5, 5.41) is 50.9. The Labute approximate surface area is 244 Å². The number of hydrogen-bond donors (Lipinski definition) is 4. The molecule has 4 N–H and O–H groups in total. The van der Waals surface area contributed by atoms with Crippen LogP contribution in [0.3, 0.4) is 0 Å². The topological polar surface area (TPSA) is 150 Å². The van der Waals surface area contributed by atoms with Crippen LogP contribution in [0.4, 0.5) is 13.2 Å². The van der Waals surface area contributed by atoms with Gasteiger partial charge in [0.1, 0.15) is 40.7 Å². The van der Waals surface area contributed by atoms with Crippen molar-refractivity contribution in [3.8, 4) is 11.3 Å². The van der Waals surface area contributed by atoms with Crippen molar-refractivity contribution < 1.29 is 47.9 Å². The highest BCUT2D eigenvalue weighted by molar-refractivity contribution is 8.01. The Morgan fingerprint density at radius 2 is 1.86 bits per heavy atom. The van der Waals surface area contributed by atoms with Gasteiger partial charge in [-0.2, -0.15) is 0 Å². The van der Waals surface area contributed by atoms with Crippen molar-refractivity contribution in [1.29, 1.82) is 0 Å². The second kappa shape index (κ2) is 12.8. The molecule has 0 spiro atoms. The molecule has 11 nitrogen and oxygen atoms in total. The monoisotopic (exact) mass is 616 g/mol. The van der Waals surface area contributed by atoms with Gasteiger partial charge in [-0.1, -0.05) is 5.21 Å². The lowest BCUT2D eigenvalue weighted by Crippen LogP contribution is -2.59. The number of aliphatic hydroxyl groups excluding tert-OH is 3. The van der Waals surface area contributed by atoms with Crippen LogP contribution < -0.4 is 0 Å². The van der Waals surface area contributed by atoms with Crippen molar-refractivity contribution in [2.45, 2.75) is 85.7 Å². The number of hydrogen-bond acceptors (Lipinski definition) is 10. The molecule has 6 atom stereocenters. The molecule has 3 fully saturated rings. The smallest absolute Gasteiger partial charge is 0.238 e. The third-order valence-electron chi connectivity index (χ3n) is 8.42. The molecule has 1 saturated carbocycles. The number of nitrogens with zero attached hydrogens (tertiary/aromatic N) is 4. The number of rotatable bonds is 9. The first-order valence-corrected chi connectivity index (χ1v) is 15.0. The van der Waals surface area contributed by atoms with Crippen LogP contribution in [0.1, 0.15) is 45.1 Å². The Morgan fingerprint density at radius 3 is 2.43 bits per heavy atom. The molecule has 3 heterocycles. The van der Waals surface area contributed by atoms with Crippen LogP contribution >= 0.6 is 11.8 Å². The summed E-state index contributed by atoms with van der Waals surface area (Å²) >= 11 is 0.918. The lowest BCUT2D eigenvalue weighted by Gasteiger charge is -2.47. The molecule has 2 saturated heterocycles. The third kappa shape index (κ3) is 5.92.